The van der Waals surface area contributed by atoms with Crippen molar-refractivity contribution in [3.05, 3.63) is 71.4 Å². The first-order chi connectivity index (χ1) is 12.3. The van der Waals surface area contributed by atoms with Gasteiger partial charge < -0.3 is 10.6 Å². The Kier molecular flexibility index (Phi) is 6.21. The number of hydrogen-bond donors (Lipinski definition) is 2. The molecule has 2 N–H and O–H groups in total. The van der Waals surface area contributed by atoms with Gasteiger partial charge in [-0.1, -0.05) is 42.0 Å². The van der Waals surface area contributed by atoms with E-state index in [4.69, 9.17) is 0 Å². The van der Waals surface area contributed by atoms with Crippen LogP contribution in [0.15, 0.2) is 60.3 Å². The van der Waals surface area contributed by atoms with Gasteiger partial charge in [-0.25, -0.2) is 4.98 Å². The first kappa shape index (κ1) is 17.2. The average molecular weight is 335 g/mol. The number of nitrogens with one attached hydrogen (secondary N) is 2. The van der Waals surface area contributed by atoms with Gasteiger partial charge in [0.05, 0.1) is 5.56 Å². The highest BCUT2D eigenvalue weighted by molar-refractivity contribution is 5.93. The number of nitrogens with zero attached hydrogens (tertiary/aromatic N) is 1. The molecule has 0 saturated heterocycles. The number of allylic oxidation sites excluding steroid dienone is 1. The third-order valence-electron chi connectivity index (χ3n) is 4.46. The Labute approximate surface area is 149 Å². The molecule has 0 bridgehead atoms. The Balaban J connectivity index is 1.44. The monoisotopic (exact) mass is 335 g/mol. The lowest BCUT2D eigenvalue weighted by Gasteiger charge is -2.13. The molecular formula is C21H25N3O. The summed E-state index contributed by atoms with van der Waals surface area (Å²) in [6, 6.07) is 13.6. The molecule has 1 heterocycles. The van der Waals surface area contributed by atoms with E-state index < -0.39 is 0 Å². The smallest absolute Gasteiger partial charge is 0.253 e. The van der Waals surface area contributed by atoms with Crippen molar-refractivity contribution in [2.45, 2.75) is 38.6 Å². The molecule has 0 unspecified atom stereocenters. The third-order valence-corrected chi connectivity index (χ3v) is 4.46. The molecule has 1 amide bonds. The number of amides is 1. The fourth-order valence-corrected chi connectivity index (χ4v) is 3.00. The van der Waals surface area contributed by atoms with Crippen molar-refractivity contribution in [3.8, 4) is 0 Å². The van der Waals surface area contributed by atoms with Crippen molar-refractivity contribution in [2.24, 2.45) is 0 Å². The minimum atomic E-state index is -0.102. The molecule has 25 heavy (non-hydrogen) atoms. The summed E-state index contributed by atoms with van der Waals surface area (Å²) in [5.41, 5.74) is 3.21. The molecule has 130 valence electrons. The van der Waals surface area contributed by atoms with Crippen LogP contribution in [-0.2, 0) is 6.54 Å². The molecule has 0 atom stereocenters. The highest BCUT2D eigenvalue weighted by Crippen LogP contribution is 2.19. The van der Waals surface area contributed by atoms with E-state index >= 15 is 0 Å². The molecule has 0 radical (unpaired) electrons. The van der Waals surface area contributed by atoms with Crippen LogP contribution in [0.3, 0.4) is 0 Å². The number of carbonyl (C=O) groups excluding carboxylic acids is 1. The normalized spacial score (nSPS) is 13.8. The van der Waals surface area contributed by atoms with Gasteiger partial charge in [0, 0.05) is 19.3 Å². The Morgan fingerprint density at radius 2 is 1.96 bits per heavy atom. The minimum Gasteiger partial charge on any atom is -0.370 e. The second kappa shape index (κ2) is 9.02. The van der Waals surface area contributed by atoms with Crippen LogP contribution in [0, 0.1) is 0 Å². The largest absolute Gasteiger partial charge is 0.370 e. The zero-order valence-electron chi connectivity index (χ0n) is 14.5. The number of anilines is 1. The Morgan fingerprint density at radius 1 is 1.08 bits per heavy atom. The van der Waals surface area contributed by atoms with Crippen LogP contribution >= 0.6 is 0 Å². The highest BCUT2D eigenvalue weighted by atomic mass is 16.1. The molecule has 1 aliphatic carbocycles. The van der Waals surface area contributed by atoms with Gasteiger partial charge in [-0.05, 0) is 49.8 Å². The molecule has 0 aliphatic heterocycles. The summed E-state index contributed by atoms with van der Waals surface area (Å²) in [6.07, 6.45) is 10.2. The van der Waals surface area contributed by atoms with Crippen LogP contribution in [0.2, 0.25) is 0 Å². The summed E-state index contributed by atoms with van der Waals surface area (Å²) in [7, 11) is 0. The fourth-order valence-electron chi connectivity index (χ4n) is 3.00. The maximum Gasteiger partial charge on any atom is 0.253 e. The topological polar surface area (TPSA) is 54.0 Å². The molecule has 2 aromatic rings. The van der Waals surface area contributed by atoms with Crippen molar-refractivity contribution in [3.63, 3.8) is 0 Å². The highest BCUT2D eigenvalue weighted by Gasteiger charge is 2.07. The van der Waals surface area contributed by atoms with Gasteiger partial charge in [0.2, 0.25) is 0 Å². The summed E-state index contributed by atoms with van der Waals surface area (Å²) in [6.45, 7) is 1.41. The molecule has 1 aromatic carbocycles. The molecule has 0 fully saturated rings. The van der Waals surface area contributed by atoms with Crippen LogP contribution in [-0.4, -0.2) is 17.4 Å². The SMILES string of the molecule is O=C(NCc1ccccc1)c1ccc(NCCC2=CCCCC2)nc1. The number of carbonyl (C=O) groups is 1. The standard InChI is InChI=1S/C21H25N3O/c25-21(24-15-18-9-5-2-6-10-18)19-11-12-20(23-16-19)22-14-13-17-7-3-1-4-8-17/h2,5-7,9-12,16H,1,3-4,8,13-15H2,(H,22,23)(H,24,25). The number of pyridine rings is 1. The lowest BCUT2D eigenvalue weighted by atomic mass is 9.97. The van der Waals surface area contributed by atoms with Gasteiger partial charge in [-0.15, -0.1) is 0 Å². The van der Waals surface area contributed by atoms with E-state index in [0.29, 0.717) is 12.1 Å². The zero-order valence-corrected chi connectivity index (χ0v) is 14.5. The first-order valence-electron chi connectivity index (χ1n) is 9.01. The summed E-state index contributed by atoms with van der Waals surface area (Å²) in [5, 5.41) is 6.25. The van der Waals surface area contributed by atoms with Crippen LogP contribution in [0.5, 0.6) is 0 Å². The van der Waals surface area contributed by atoms with Crippen LogP contribution in [0.4, 0.5) is 5.82 Å². The molecule has 0 spiro atoms. The van der Waals surface area contributed by atoms with Gasteiger partial charge in [-0.3, -0.25) is 4.79 Å². The van der Waals surface area contributed by atoms with Gasteiger partial charge in [-0.2, -0.15) is 0 Å². The van der Waals surface area contributed by atoms with Crippen LogP contribution in [0.25, 0.3) is 0 Å². The number of aromatic nitrogens is 1. The van der Waals surface area contributed by atoms with Crippen molar-refractivity contribution in [1.82, 2.24) is 10.3 Å². The average Bonchev–Trinajstić information content (AvgIpc) is 2.68. The Morgan fingerprint density at radius 3 is 2.68 bits per heavy atom. The summed E-state index contributed by atoms with van der Waals surface area (Å²) >= 11 is 0. The molecule has 3 rings (SSSR count). The predicted octanol–water partition coefficient (Wildman–Crippen LogP) is 4.31. The maximum atomic E-state index is 12.2. The molecule has 4 nitrogen and oxygen atoms in total. The first-order valence-corrected chi connectivity index (χ1v) is 9.01. The Bertz CT molecular complexity index is 708. The molecular weight excluding hydrogens is 310 g/mol. The van der Waals surface area contributed by atoms with Gasteiger partial charge in [0.15, 0.2) is 0 Å². The number of rotatable bonds is 7. The van der Waals surface area contributed by atoms with Gasteiger partial charge >= 0.3 is 0 Å². The molecule has 4 heteroatoms. The molecule has 1 aliphatic rings. The minimum absolute atomic E-state index is 0.102. The number of hydrogen-bond acceptors (Lipinski definition) is 3. The molecule has 0 saturated carbocycles. The van der Waals surface area contributed by atoms with Crippen molar-refractivity contribution in [2.75, 3.05) is 11.9 Å². The van der Waals surface area contributed by atoms with E-state index in [2.05, 4.69) is 21.7 Å². The van der Waals surface area contributed by atoms with Crippen LogP contribution in [0.1, 0.15) is 48.0 Å². The summed E-state index contributed by atoms with van der Waals surface area (Å²) < 4.78 is 0. The van der Waals surface area contributed by atoms with Crippen LogP contribution < -0.4 is 10.6 Å². The van der Waals surface area contributed by atoms with Crippen molar-refractivity contribution >= 4 is 11.7 Å². The lowest BCUT2D eigenvalue weighted by molar-refractivity contribution is 0.0950. The predicted molar refractivity (Wildman–Crippen MR) is 102 cm³/mol. The maximum absolute atomic E-state index is 12.2. The van der Waals surface area contributed by atoms with E-state index in [-0.39, 0.29) is 5.91 Å². The van der Waals surface area contributed by atoms with Crippen molar-refractivity contribution < 1.29 is 4.79 Å². The van der Waals surface area contributed by atoms with E-state index in [9.17, 15) is 4.79 Å². The number of benzene rings is 1. The summed E-state index contributed by atoms with van der Waals surface area (Å²) in [5.74, 6) is 0.714. The van der Waals surface area contributed by atoms with Crippen molar-refractivity contribution in [1.29, 1.82) is 0 Å². The quantitative estimate of drug-likeness (QED) is 0.741. The second-order valence-electron chi connectivity index (χ2n) is 6.39. The zero-order chi connectivity index (χ0) is 17.3. The second-order valence-corrected chi connectivity index (χ2v) is 6.39. The van der Waals surface area contributed by atoms with Gasteiger partial charge in [0.25, 0.3) is 5.91 Å². The Hall–Kier alpha value is -2.62. The summed E-state index contributed by atoms with van der Waals surface area (Å²) in [4.78, 5) is 16.5. The third kappa shape index (κ3) is 5.45. The lowest BCUT2D eigenvalue weighted by Crippen LogP contribution is -2.22. The van der Waals surface area contributed by atoms with E-state index in [1.807, 2.05) is 42.5 Å². The molecule has 1 aromatic heterocycles. The van der Waals surface area contributed by atoms with E-state index in [0.717, 1.165) is 24.3 Å². The van der Waals surface area contributed by atoms with Gasteiger partial charge in [0.1, 0.15) is 5.82 Å². The van der Waals surface area contributed by atoms with E-state index in [1.165, 1.54) is 25.7 Å². The van der Waals surface area contributed by atoms with E-state index in [1.54, 1.807) is 11.8 Å². The fraction of sp³-hybridized carbons (Fsp3) is 0.333.